The zero-order chi connectivity index (χ0) is 13.1. The van der Waals surface area contributed by atoms with Crippen LogP contribution in [0, 0.1) is 5.92 Å². The number of amides is 1. The minimum atomic E-state index is 0. The smallest absolute Gasteiger partial charge is 0.227 e. The van der Waals surface area contributed by atoms with Crippen LogP contribution in [0.2, 0.25) is 0 Å². The summed E-state index contributed by atoms with van der Waals surface area (Å²) in [7, 11) is 0. The third-order valence-corrected chi connectivity index (χ3v) is 6.51. The van der Waals surface area contributed by atoms with Crippen LogP contribution >= 0.6 is 24.2 Å². The normalized spacial score (nSPS) is 29.8. The van der Waals surface area contributed by atoms with Gasteiger partial charge in [0.15, 0.2) is 0 Å². The van der Waals surface area contributed by atoms with Crippen molar-refractivity contribution in [3.63, 3.8) is 0 Å². The standard InChI is InChI=1S/C15H26N2OS.ClH/c18-14(13-5-4-8-16-11-13)17-9-10-19-15(12-17)6-2-1-3-7-15;/h13,16H,1-12H2;1H. The van der Waals surface area contributed by atoms with Gasteiger partial charge in [-0.05, 0) is 32.2 Å². The first kappa shape index (κ1) is 16.4. The second-order valence-corrected chi connectivity index (χ2v) is 7.96. The van der Waals surface area contributed by atoms with Gasteiger partial charge in [0.2, 0.25) is 5.91 Å². The molecule has 0 aromatic heterocycles. The van der Waals surface area contributed by atoms with E-state index < -0.39 is 0 Å². The van der Waals surface area contributed by atoms with Crippen molar-refractivity contribution in [2.45, 2.75) is 49.7 Å². The van der Waals surface area contributed by atoms with Crippen LogP contribution in [0.15, 0.2) is 0 Å². The summed E-state index contributed by atoms with van der Waals surface area (Å²) in [5.41, 5.74) is 0. The van der Waals surface area contributed by atoms with Crippen LogP contribution in [0.1, 0.15) is 44.9 Å². The molecule has 1 spiro atoms. The number of hydrogen-bond acceptors (Lipinski definition) is 3. The van der Waals surface area contributed by atoms with E-state index in [2.05, 4.69) is 22.0 Å². The molecule has 0 bridgehead atoms. The van der Waals surface area contributed by atoms with Gasteiger partial charge in [-0.2, -0.15) is 11.8 Å². The maximum Gasteiger partial charge on any atom is 0.227 e. The summed E-state index contributed by atoms with van der Waals surface area (Å²) in [4.78, 5) is 14.8. The minimum Gasteiger partial charge on any atom is -0.340 e. The molecule has 1 saturated carbocycles. The summed E-state index contributed by atoms with van der Waals surface area (Å²) in [5.74, 6) is 1.82. The van der Waals surface area contributed by atoms with E-state index in [1.807, 2.05) is 0 Å². The number of rotatable bonds is 1. The molecule has 0 aromatic rings. The Hall–Kier alpha value is 0.0700. The van der Waals surface area contributed by atoms with Crippen LogP contribution in [0.25, 0.3) is 0 Å². The van der Waals surface area contributed by atoms with Gasteiger partial charge in [-0.1, -0.05) is 19.3 Å². The lowest BCUT2D eigenvalue weighted by atomic mass is 9.87. The van der Waals surface area contributed by atoms with Gasteiger partial charge in [-0.25, -0.2) is 0 Å². The van der Waals surface area contributed by atoms with Gasteiger partial charge >= 0.3 is 0 Å². The van der Waals surface area contributed by atoms with Gasteiger partial charge in [0.1, 0.15) is 0 Å². The van der Waals surface area contributed by atoms with E-state index in [1.54, 1.807) is 0 Å². The van der Waals surface area contributed by atoms with Crippen molar-refractivity contribution in [1.29, 1.82) is 0 Å². The third-order valence-electron chi connectivity index (χ3n) is 4.97. The number of nitrogens with zero attached hydrogens (tertiary/aromatic N) is 1. The number of carbonyl (C=O) groups excluding carboxylic acids is 1. The third kappa shape index (κ3) is 3.63. The monoisotopic (exact) mass is 318 g/mol. The summed E-state index contributed by atoms with van der Waals surface area (Å²) in [5, 5.41) is 3.37. The maximum absolute atomic E-state index is 12.7. The van der Waals surface area contributed by atoms with Gasteiger partial charge < -0.3 is 10.2 Å². The van der Waals surface area contributed by atoms with Crippen molar-refractivity contribution < 1.29 is 4.79 Å². The van der Waals surface area contributed by atoms with Crippen molar-refractivity contribution in [3.05, 3.63) is 0 Å². The Morgan fingerprint density at radius 2 is 2.00 bits per heavy atom. The van der Waals surface area contributed by atoms with Crippen molar-refractivity contribution in [2.75, 3.05) is 31.9 Å². The first-order chi connectivity index (χ1) is 9.29. The SMILES string of the molecule is Cl.O=C(C1CCCNC1)N1CCSC2(CCCCC2)C1. The highest BCUT2D eigenvalue weighted by atomic mass is 35.5. The second kappa shape index (κ2) is 7.37. The molecule has 2 aliphatic heterocycles. The lowest BCUT2D eigenvalue weighted by Crippen LogP contribution is -2.53. The van der Waals surface area contributed by atoms with E-state index in [0.29, 0.717) is 10.7 Å². The summed E-state index contributed by atoms with van der Waals surface area (Å²) in [6.45, 7) is 3.98. The fourth-order valence-electron chi connectivity index (χ4n) is 3.85. The molecular weight excluding hydrogens is 292 g/mol. The van der Waals surface area contributed by atoms with Crippen molar-refractivity contribution in [1.82, 2.24) is 10.2 Å². The number of carbonyl (C=O) groups is 1. The maximum atomic E-state index is 12.7. The zero-order valence-corrected chi connectivity index (χ0v) is 13.9. The molecule has 20 heavy (non-hydrogen) atoms. The first-order valence-electron chi connectivity index (χ1n) is 7.93. The van der Waals surface area contributed by atoms with E-state index in [-0.39, 0.29) is 18.3 Å². The number of piperidine rings is 1. The number of hydrogen-bond donors (Lipinski definition) is 1. The molecule has 3 fully saturated rings. The molecular formula is C15H27ClN2OS. The van der Waals surface area contributed by atoms with Crippen LogP contribution in [0.5, 0.6) is 0 Å². The minimum absolute atomic E-state index is 0. The average molecular weight is 319 g/mol. The molecule has 0 aromatic carbocycles. The van der Waals surface area contributed by atoms with Crippen LogP contribution in [-0.2, 0) is 4.79 Å². The van der Waals surface area contributed by atoms with Gasteiger partial charge in [-0.15, -0.1) is 12.4 Å². The Morgan fingerprint density at radius 3 is 2.70 bits per heavy atom. The molecule has 3 aliphatic rings. The van der Waals surface area contributed by atoms with Gasteiger partial charge in [-0.3, -0.25) is 4.79 Å². The number of nitrogens with one attached hydrogen (secondary N) is 1. The van der Waals surface area contributed by atoms with E-state index in [0.717, 1.165) is 44.8 Å². The van der Waals surface area contributed by atoms with Crippen molar-refractivity contribution in [3.8, 4) is 0 Å². The lowest BCUT2D eigenvalue weighted by Gasteiger charge is -2.45. The van der Waals surface area contributed by atoms with Crippen LogP contribution in [0.4, 0.5) is 0 Å². The zero-order valence-electron chi connectivity index (χ0n) is 12.2. The summed E-state index contributed by atoms with van der Waals surface area (Å²) < 4.78 is 0.411. The van der Waals surface area contributed by atoms with E-state index in [1.165, 1.54) is 32.1 Å². The predicted molar refractivity (Wildman–Crippen MR) is 87.7 cm³/mol. The molecule has 3 nitrogen and oxygen atoms in total. The fourth-order valence-corrected chi connectivity index (χ4v) is 5.42. The molecule has 1 atom stereocenters. The molecule has 1 unspecified atom stereocenters. The van der Waals surface area contributed by atoms with E-state index >= 15 is 0 Å². The quantitative estimate of drug-likeness (QED) is 0.807. The molecule has 5 heteroatoms. The van der Waals surface area contributed by atoms with E-state index in [4.69, 9.17) is 0 Å². The summed E-state index contributed by atoms with van der Waals surface area (Å²) in [6, 6.07) is 0. The van der Waals surface area contributed by atoms with Gasteiger partial charge in [0, 0.05) is 30.1 Å². The second-order valence-electron chi connectivity index (χ2n) is 6.40. The average Bonchev–Trinajstić information content (AvgIpc) is 2.48. The Morgan fingerprint density at radius 1 is 1.20 bits per heavy atom. The highest BCUT2D eigenvalue weighted by Crippen LogP contribution is 2.43. The van der Waals surface area contributed by atoms with Gasteiger partial charge in [0.05, 0.1) is 5.92 Å². The molecule has 1 aliphatic carbocycles. The molecule has 0 radical (unpaired) electrons. The Labute approximate surface area is 133 Å². The first-order valence-corrected chi connectivity index (χ1v) is 8.91. The van der Waals surface area contributed by atoms with Gasteiger partial charge in [0.25, 0.3) is 0 Å². The molecule has 1 amide bonds. The number of halogens is 1. The van der Waals surface area contributed by atoms with Crippen LogP contribution in [-0.4, -0.2) is 47.5 Å². The van der Waals surface area contributed by atoms with Crippen LogP contribution in [0.3, 0.4) is 0 Å². The Balaban J connectivity index is 0.00000147. The molecule has 1 N–H and O–H groups in total. The summed E-state index contributed by atoms with van der Waals surface area (Å²) >= 11 is 2.14. The molecule has 3 rings (SSSR count). The lowest BCUT2D eigenvalue weighted by molar-refractivity contribution is -0.136. The van der Waals surface area contributed by atoms with Crippen molar-refractivity contribution >= 4 is 30.1 Å². The predicted octanol–water partition coefficient (Wildman–Crippen LogP) is 2.69. The highest BCUT2D eigenvalue weighted by molar-refractivity contribution is 8.00. The highest BCUT2D eigenvalue weighted by Gasteiger charge is 2.39. The Bertz CT molecular complexity index is 322. The summed E-state index contributed by atoms with van der Waals surface area (Å²) in [6.07, 6.45) is 9.00. The van der Waals surface area contributed by atoms with Crippen molar-refractivity contribution in [2.24, 2.45) is 5.92 Å². The van der Waals surface area contributed by atoms with E-state index in [9.17, 15) is 4.79 Å². The molecule has 2 heterocycles. The largest absolute Gasteiger partial charge is 0.340 e. The fraction of sp³-hybridized carbons (Fsp3) is 0.933. The van der Waals surface area contributed by atoms with Crippen LogP contribution < -0.4 is 5.32 Å². The topological polar surface area (TPSA) is 32.3 Å². The molecule has 2 saturated heterocycles. The Kier molecular flexibility index (Phi) is 6.06. The molecule has 116 valence electrons. The number of thioether (sulfide) groups is 1.